The van der Waals surface area contributed by atoms with Crippen molar-refractivity contribution >= 4 is 28.8 Å². The van der Waals surface area contributed by atoms with E-state index >= 15 is 0 Å². The van der Waals surface area contributed by atoms with Crippen molar-refractivity contribution in [2.45, 2.75) is 50.7 Å². The standard InChI is InChI=1S/C26H28N4OS/c1-4-19(3)28-25(31)22-12-10-20(11-13-22)16-30-24-23(9-6-14-27-24)29-26(30)32-17-21-8-5-7-18(2)15-21/h5-15,19H,4,16-17H2,1-3H3,(H,28,31). The van der Waals surface area contributed by atoms with Crippen LogP contribution in [-0.2, 0) is 12.3 Å². The van der Waals surface area contributed by atoms with Gasteiger partial charge in [-0.15, -0.1) is 0 Å². The van der Waals surface area contributed by atoms with Crippen LogP contribution in [0, 0.1) is 6.92 Å². The summed E-state index contributed by atoms with van der Waals surface area (Å²) in [7, 11) is 0. The van der Waals surface area contributed by atoms with Gasteiger partial charge in [0.1, 0.15) is 5.52 Å². The van der Waals surface area contributed by atoms with Gasteiger partial charge in [0, 0.05) is 23.6 Å². The lowest BCUT2D eigenvalue weighted by Gasteiger charge is -2.12. The second-order valence-electron chi connectivity index (χ2n) is 8.08. The van der Waals surface area contributed by atoms with Crippen LogP contribution in [-0.4, -0.2) is 26.5 Å². The number of imidazole rings is 1. The molecule has 0 saturated heterocycles. The third-order valence-electron chi connectivity index (χ3n) is 5.47. The number of aromatic nitrogens is 3. The highest BCUT2D eigenvalue weighted by Crippen LogP contribution is 2.27. The molecule has 0 radical (unpaired) electrons. The molecule has 0 fully saturated rings. The molecule has 1 unspecified atom stereocenters. The number of aryl methyl sites for hydroxylation is 1. The molecule has 1 atom stereocenters. The molecule has 0 aliphatic heterocycles. The summed E-state index contributed by atoms with van der Waals surface area (Å²) in [5.74, 6) is 0.815. The van der Waals surface area contributed by atoms with Crippen molar-refractivity contribution in [3.05, 3.63) is 89.1 Å². The van der Waals surface area contributed by atoms with Crippen molar-refractivity contribution in [3.8, 4) is 0 Å². The molecule has 0 spiro atoms. The fourth-order valence-corrected chi connectivity index (χ4v) is 4.44. The van der Waals surface area contributed by atoms with E-state index in [0.717, 1.165) is 34.1 Å². The van der Waals surface area contributed by atoms with Crippen LogP contribution in [0.2, 0.25) is 0 Å². The molecular weight excluding hydrogens is 416 g/mol. The smallest absolute Gasteiger partial charge is 0.251 e. The number of nitrogens with one attached hydrogen (secondary N) is 1. The van der Waals surface area contributed by atoms with Crippen LogP contribution in [0.25, 0.3) is 11.2 Å². The Bertz CT molecular complexity index is 1220. The minimum Gasteiger partial charge on any atom is -0.350 e. The van der Waals surface area contributed by atoms with E-state index in [1.165, 1.54) is 11.1 Å². The van der Waals surface area contributed by atoms with E-state index in [4.69, 9.17) is 4.98 Å². The molecule has 32 heavy (non-hydrogen) atoms. The first-order chi connectivity index (χ1) is 15.5. The highest BCUT2D eigenvalue weighted by atomic mass is 32.2. The van der Waals surface area contributed by atoms with Gasteiger partial charge in [0.25, 0.3) is 5.91 Å². The van der Waals surface area contributed by atoms with Crippen molar-refractivity contribution in [3.63, 3.8) is 0 Å². The van der Waals surface area contributed by atoms with Gasteiger partial charge in [-0.2, -0.15) is 0 Å². The van der Waals surface area contributed by atoms with Crippen molar-refractivity contribution in [1.82, 2.24) is 19.9 Å². The Morgan fingerprint density at radius 3 is 2.66 bits per heavy atom. The van der Waals surface area contributed by atoms with E-state index in [9.17, 15) is 4.79 Å². The maximum atomic E-state index is 12.4. The summed E-state index contributed by atoms with van der Waals surface area (Å²) in [6.07, 6.45) is 2.71. The first kappa shape index (κ1) is 22.1. The molecule has 2 aromatic heterocycles. The quantitative estimate of drug-likeness (QED) is 0.359. The van der Waals surface area contributed by atoms with Gasteiger partial charge in [-0.05, 0) is 55.7 Å². The van der Waals surface area contributed by atoms with E-state index in [-0.39, 0.29) is 11.9 Å². The Morgan fingerprint density at radius 1 is 1.09 bits per heavy atom. The Kier molecular flexibility index (Phi) is 6.90. The first-order valence-corrected chi connectivity index (χ1v) is 11.9. The third kappa shape index (κ3) is 5.19. The lowest BCUT2D eigenvalue weighted by molar-refractivity contribution is 0.0939. The molecule has 0 aliphatic rings. The van der Waals surface area contributed by atoms with Crippen LogP contribution in [0.1, 0.15) is 47.3 Å². The van der Waals surface area contributed by atoms with E-state index in [1.54, 1.807) is 18.0 Å². The molecule has 1 N–H and O–H groups in total. The highest BCUT2D eigenvalue weighted by molar-refractivity contribution is 7.98. The third-order valence-corrected chi connectivity index (χ3v) is 6.51. The van der Waals surface area contributed by atoms with Gasteiger partial charge in [0.15, 0.2) is 10.8 Å². The van der Waals surface area contributed by atoms with Crippen LogP contribution < -0.4 is 5.32 Å². The summed E-state index contributed by atoms with van der Waals surface area (Å²) in [4.78, 5) is 21.8. The molecule has 0 aliphatic carbocycles. The number of hydrogen-bond donors (Lipinski definition) is 1. The number of amides is 1. The first-order valence-electron chi connectivity index (χ1n) is 10.9. The summed E-state index contributed by atoms with van der Waals surface area (Å²) < 4.78 is 2.16. The minimum absolute atomic E-state index is 0.0324. The molecule has 2 heterocycles. The van der Waals surface area contributed by atoms with E-state index in [2.05, 4.69) is 53.0 Å². The largest absolute Gasteiger partial charge is 0.350 e. The predicted molar refractivity (Wildman–Crippen MR) is 131 cm³/mol. The number of carbonyl (C=O) groups is 1. The number of fused-ring (bicyclic) bond motifs is 1. The van der Waals surface area contributed by atoms with Crippen LogP contribution in [0.4, 0.5) is 0 Å². The Morgan fingerprint density at radius 2 is 1.91 bits per heavy atom. The summed E-state index contributed by atoms with van der Waals surface area (Å²) in [5, 5.41) is 3.96. The fraction of sp³-hybridized carbons (Fsp3) is 0.269. The Labute approximate surface area is 193 Å². The zero-order valence-electron chi connectivity index (χ0n) is 18.7. The number of rotatable bonds is 8. The van der Waals surface area contributed by atoms with Gasteiger partial charge in [-0.1, -0.05) is 60.6 Å². The molecule has 6 heteroatoms. The van der Waals surface area contributed by atoms with E-state index in [0.29, 0.717) is 12.1 Å². The summed E-state index contributed by atoms with van der Waals surface area (Å²) >= 11 is 1.72. The van der Waals surface area contributed by atoms with Gasteiger partial charge in [0.05, 0.1) is 6.54 Å². The Hall–Kier alpha value is -3.12. The molecule has 2 aromatic carbocycles. The summed E-state index contributed by atoms with van der Waals surface area (Å²) in [5.41, 5.74) is 6.08. The second-order valence-corrected chi connectivity index (χ2v) is 9.03. The zero-order valence-corrected chi connectivity index (χ0v) is 19.5. The lowest BCUT2D eigenvalue weighted by Crippen LogP contribution is -2.31. The molecule has 0 saturated carbocycles. The average molecular weight is 445 g/mol. The van der Waals surface area contributed by atoms with Crippen LogP contribution in [0.3, 0.4) is 0 Å². The van der Waals surface area contributed by atoms with Crippen molar-refractivity contribution in [2.75, 3.05) is 0 Å². The van der Waals surface area contributed by atoms with Crippen LogP contribution in [0.15, 0.2) is 72.0 Å². The summed E-state index contributed by atoms with van der Waals surface area (Å²) in [6, 6.07) is 20.4. The number of benzene rings is 2. The van der Waals surface area contributed by atoms with Gasteiger partial charge < -0.3 is 5.32 Å². The SMILES string of the molecule is CCC(C)NC(=O)c1ccc(Cn2c(SCc3cccc(C)c3)nc3cccnc32)cc1. The molecular formula is C26H28N4OS. The highest BCUT2D eigenvalue weighted by Gasteiger charge is 2.14. The summed E-state index contributed by atoms with van der Waals surface area (Å²) in [6.45, 7) is 6.84. The van der Waals surface area contributed by atoms with Crippen molar-refractivity contribution in [2.24, 2.45) is 0 Å². The van der Waals surface area contributed by atoms with Gasteiger partial charge in [0.2, 0.25) is 0 Å². The average Bonchev–Trinajstić information content (AvgIpc) is 3.15. The van der Waals surface area contributed by atoms with Gasteiger partial charge in [-0.25, -0.2) is 9.97 Å². The molecule has 4 rings (SSSR count). The molecule has 164 valence electrons. The van der Waals surface area contributed by atoms with Crippen LogP contribution in [0.5, 0.6) is 0 Å². The number of nitrogens with zero attached hydrogens (tertiary/aromatic N) is 3. The molecule has 1 amide bonds. The zero-order chi connectivity index (χ0) is 22.5. The topological polar surface area (TPSA) is 59.8 Å². The second kappa shape index (κ2) is 10.0. The monoisotopic (exact) mass is 444 g/mol. The number of thioether (sulfide) groups is 1. The van der Waals surface area contributed by atoms with Crippen molar-refractivity contribution < 1.29 is 4.79 Å². The fourth-order valence-electron chi connectivity index (χ4n) is 3.49. The Balaban J connectivity index is 1.55. The maximum absolute atomic E-state index is 12.4. The number of carbonyl (C=O) groups excluding carboxylic acids is 1. The van der Waals surface area contributed by atoms with Crippen LogP contribution >= 0.6 is 11.8 Å². The molecule has 0 bridgehead atoms. The predicted octanol–water partition coefficient (Wildman–Crippen LogP) is 5.61. The lowest BCUT2D eigenvalue weighted by atomic mass is 10.1. The maximum Gasteiger partial charge on any atom is 0.251 e. The molecule has 4 aromatic rings. The minimum atomic E-state index is -0.0324. The number of hydrogen-bond acceptors (Lipinski definition) is 4. The normalized spacial score (nSPS) is 12.1. The van der Waals surface area contributed by atoms with Gasteiger partial charge in [-0.3, -0.25) is 9.36 Å². The number of pyridine rings is 1. The van der Waals surface area contributed by atoms with E-state index in [1.807, 2.05) is 43.3 Å². The molecule has 5 nitrogen and oxygen atoms in total. The van der Waals surface area contributed by atoms with Crippen molar-refractivity contribution in [1.29, 1.82) is 0 Å². The van der Waals surface area contributed by atoms with E-state index < -0.39 is 0 Å². The van der Waals surface area contributed by atoms with Gasteiger partial charge >= 0.3 is 0 Å².